The first-order valence-corrected chi connectivity index (χ1v) is 11.9. The zero-order valence-electron chi connectivity index (χ0n) is 20.9. The molecule has 1 aliphatic heterocycles. The number of rotatable bonds is 8. The molecule has 1 heterocycles. The van der Waals surface area contributed by atoms with Crippen LogP contribution in [0, 0.1) is 0 Å². The van der Waals surface area contributed by atoms with Crippen LogP contribution in [-0.4, -0.2) is 44.1 Å². The third-order valence-corrected chi connectivity index (χ3v) is 6.03. The van der Waals surface area contributed by atoms with Crippen molar-refractivity contribution in [3.63, 3.8) is 0 Å². The number of Topliss-reactive ketones (excluding diaryl/α,β-unsaturated/α-hetero) is 1. The van der Waals surface area contributed by atoms with Gasteiger partial charge >= 0.3 is 0 Å². The molecule has 0 saturated carbocycles. The van der Waals surface area contributed by atoms with E-state index in [9.17, 15) is 14.7 Å². The number of carbonyl (C=O) groups excluding carboxylic acids is 2. The van der Waals surface area contributed by atoms with Gasteiger partial charge in [0.1, 0.15) is 17.3 Å². The molecule has 186 valence electrons. The average Bonchev–Trinajstić information content (AvgIpc) is 3.15. The van der Waals surface area contributed by atoms with Gasteiger partial charge in [0.25, 0.3) is 11.7 Å². The largest absolute Gasteiger partial charge is 0.507 e. The van der Waals surface area contributed by atoms with Gasteiger partial charge in [-0.25, -0.2) is 0 Å². The molecule has 0 radical (unpaired) electrons. The molecule has 1 aliphatic rings. The first-order valence-electron chi connectivity index (χ1n) is 11.9. The highest BCUT2D eigenvalue weighted by Crippen LogP contribution is 2.42. The molecule has 1 unspecified atom stereocenters. The van der Waals surface area contributed by atoms with E-state index in [1.165, 1.54) is 4.90 Å². The van der Waals surface area contributed by atoms with Crippen molar-refractivity contribution in [2.45, 2.75) is 19.9 Å². The fraction of sp³-hybridized carbons (Fsp3) is 0.241. The van der Waals surface area contributed by atoms with Gasteiger partial charge in [0.05, 0.1) is 24.8 Å². The Morgan fingerprint density at radius 3 is 1.86 bits per heavy atom. The summed E-state index contributed by atoms with van der Waals surface area (Å²) in [5.41, 5.74) is 2.66. The van der Waals surface area contributed by atoms with Gasteiger partial charge in [0.15, 0.2) is 0 Å². The Labute approximate surface area is 211 Å². The van der Waals surface area contributed by atoms with E-state index in [0.29, 0.717) is 41.5 Å². The third kappa shape index (κ3) is 4.77. The molecule has 0 bridgehead atoms. The summed E-state index contributed by atoms with van der Waals surface area (Å²) in [4.78, 5) is 30.1. The maximum absolute atomic E-state index is 13.3. The minimum Gasteiger partial charge on any atom is -0.507 e. The van der Waals surface area contributed by atoms with E-state index >= 15 is 0 Å². The Kier molecular flexibility index (Phi) is 7.29. The monoisotopic (exact) mass is 486 g/mol. The van der Waals surface area contributed by atoms with Gasteiger partial charge in [-0.15, -0.1) is 0 Å². The molecule has 7 heteroatoms. The number of ketones is 1. The third-order valence-electron chi connectivity index (χ3n) is 6.03. The molecule has 0 spiro atoms. The number of benzene rings is 3. The minimum atomic E-state index is -0.808. The van der Waals surface area contributed by atoms with Crippen molar-refractivity contribution in [3.05, 3.63) is 89.5 Å². The van der Waals surface area contributed by atoms with Crippen molar-refractivity contribution in [1.29, 1.82) is 0 Å². The maximum Gasteiger partial charge on any atom is 0.300 e. The molecule has 0 aliphatic carbocycles. The van der Waals surface area contributed by atoms with E-state index in [4.69, 9.17) is 9.47 Å². The molecule has 0 aromatic heterocycles. The van der Waals surface area contributed by atoms with Crippen molar-refractivity contribution >= 4 is 28.8 Å². The Balaban J connectivity index is 1.84. The Morgan fingerprint density at radius 1 is 0.833 bits per heavy atom. The summed E-state index contributed by atoms with van der Waals surface area (Å²) in [6, 6.07) is 20.6. The molecule has 7 nitrogen and oxygen atoms in total. The average molecular weight is 487 g/mol. The second-order valence-electron chi connectivity index (χ2n) is 8.54. The van der Waals surface area contributed by atoms with E-state index in [-0.39, 0.29) is 11.3 Å². The van der Waals surface area contributed by atoms with Crippen LogP contribution in [0.3, 0.4) is 0 Å². The number of hydrogen-bond donors (Lipinski definition) is 1. The quantitative estimate of drug-likeness (QED) is 0.269. The minimum absolute atomic E-state index is 0.0324. The van der Waals surface area contributed by atoms with Gasteiger partial charge in [0, 0.05) is 31.0 Å². The Bertz CT molecular complexity index is 1260. The zero-order valence-corrected chi connectivity index (χ0v) is 20.9. The topological polar surface area (TPSA) is 79.3 Å². The standard InChI is InChI=1S/C29H30N2O5/c1-5-35-23-15-7-19(8-16-23)26-25(27(32)20-9-17-24(18-10-20)36-6-2)28(33)29(34)31(26)22-13-11-21(12-14-22)30(3)4/h7-18,26,32H,5-6H2,1-4H3/b27-25+. The molecule has 1 amide bonds. The van der Waals surface area contributed by atoms with Crippen LogP contribution in [0.5, 0.6) is 11.5 Å². The predicted molar refractivity (Wildman–Crippen MR) is 141 cm³/mol. The second kappa shape index (κ2) is 10.6. The number of carbonyl (C=O) groups is 2. The van der Waals surface area contributed by atoms with E-state index in [1.54, 1.807) is 48.5 Å². The van der Waals surface area contributed by atoms with Gasteiger partial charge in [-0.05, 0) is 80.1 Å². The van der Waals surface area contributed by atoms with Crippen molar-refractivity contribution < 1.29 is 24.2 Å². The molecule has 1 saturated heterocycles. The summed E-state index contributed by atoms with van der Waals surface area (Å²) in [5, 5.41) is 11.3. The van der Waals surface area contributed by atoms with Crippen molar-refractivity contribution in [2.24, 2.45) is 0 Å². The van der Waals surface area contributed by atoms with Gasteiger partial charge in [-0.3, -0.25) is 14.5 Å². The fourth-order valence-electron chi connectivity index (χ4n) is 4.27. The molecule has 1 atom stereocenters. The van der Waals surface area contributed by atoms with Crippen molar-refractivity contribution in [1.82, 2.24) is 0 Å². The Hall–Kier alpha value is -4.26. The Morgan fingerprint density at radius 2 is 1.36 bits per heavy atom. The zero-order chi connectivity index (χ0) is 25.8. The van der Waals surface area contributed by atoms with Gasteiger partial charge < -0.3 is 19.5 Å². The maximum atomic E-state index is 13.3. The number of aliphatic hydroxyl groups is 1. The van der Waals surface area contributed by atoms with Gasteiger partial charge in [-0.1, -0.05) is 12.1 Å². The normalized spacial score (nSPS) is 16.8. The highest BCUT2D eigenvalue weighted by Gasteiger charge is 2.47. The number of hydrogen-bond acceptors (Lipinski definition) is 6. The van der Waals surface area contributed by atoms with Crippen LogP contribution in [0.15, 0.2) is 78.4 Å². The molecular formula is C29H30N2O5. The van der Waals surface area contributed by atoms with Crippen molar-refractivity contribution in [3.8, 4) is 11.5 Å². The summed E-state index contributed by atoms with van der Waals surface area (Å²) < 4.78 is 11.0. The highest BCUT2D eigenvalue weighted by atomic mass is 16.5. The molecule has 36 heavy (non-hydrogen) atoms. The molecule has 3 aromatic rings. The number of nitrogens with zero attached hydrogens (tertiary/aromatic N) is 2. The number of amides is 1. The van der Waals surface area contributed by atoms with Crippen LogP contribution in [0.4, 0.5) is 11.4 Å². The van der Waals surface area contributed by atoms with Gasteiger partial charge in [0.2, 0.25) is 0 Å². The summed E-state index contributed by atoms with van der Waals surface area (Å²) in [6.45, 7) is 4.82. The lowest BCUT2D eigenvalue weighted by Crippen LogP contribution is -2.29. The van der Waals surface area contributed by atoms with Crippen molar-refractivity contribution in [2.75, 3.05) is 37.1 Å². The number of anilines is 2. The smallest absolute Gasteiger partial charge is 0.300 e. The van der Waals surface area contributed by atoms with E-state index in [2.05, 4.69) is 0 Å². The van der Waals surface area contributed by atoms with Crippen LogP contribution in [0.25, 0.3) is 5.76 Å². The van der Waals surface area contributed by atoms with Crippen LogP contribution in [0.1, 0.15) is 31.0 Å². The van der Waals surface area contributed by atoms with E-state index in [0.717, 1.165) is 5.69 Å². The van der Waals surface area contributed by atoms with Crippen LogP contribution < -0.4 is 19.3 Å². The van der Waals surface area contributed by atoms with E-state index < -0.39 is 17.7 Å². The first-order chi connectivity index (χ1) is 17.3. The predicted octanol–water partition coefficient (Wildman–Crippen LogP) is 5.18. The second-order valence-corrected chi connectivity index (χ2v) is 8.54. The number of ether oxygens (including phenoxy) is 2. The van der Waals surface area contributed by atoms with Crippen LogP contribution in [-0.2, 0) is 9.59 Å². The summed E-state index contributed by atoms with van der Waals surface area (Å²) in [5.74, 6) is -0.336. The fourth-order valence-corrected chi connectivity index (χ4v) is 4.27. The lowest BCUT2D eigenvalue weighted by molar-refractivity contribution is -0.132. The molecule has 3 aromatic carbocycles. The van der Waals surface area contributed by atoms with E-state index in [1.807, 2.05) is 57.1 Å². The highest BCUT2D eigenvalue weighted by molar-refractivity contribution is 6.51. The van der Waals surface area contributed by atoms with Crippen LogP contribution in [0.2, 0.25) is 0 Å². The first kappa shape index (κ1) is 24.9. The lowest BCUT2D eigenvalue weighted by atomic mass is 9.95. The molecule has 1 fully saturated rings. The summed E-state index contributed by atoms with van der Waals surface area (Å²) >= 11 is 0. The molecular weight excluding hydrogens is 456 g/mol. The number of aliphatic hydroxyl groups excluding tert-OH is 1. The molecule has 4 rings (SSSR count). The van der Waals surface area contributed by atoms with Crippen LogP contribution >= 0.6 is 0 Å². The molecule has 1 N–H and O–H groups in total. The summed E-state index contributed by atoms with van der Waals surface area (Å²) in [6.07, 6.45) is 0. The van der Waals surface area contributed by atoms with Gasteiger partial charge in [-0.2, -0.15) is 0 Å². The summed E-state index contributed by atoms with van der Waals surface area (Å²) in [7, 11) is 3.86. The lowest BCUT2D eigenvalue weighted by Gasteiger charge is -2.26. The SMILES string of the molecule is CCOc1ccc(/C(O)=C2\C(=O)C(=O)N(c3ccc(N(C)C)cc3)C2c2ccc(OCC)cc2)cc1.